The molecule has 2 aromatic rings. The third kappa shape index (κ3) is 4.52. The lowest BCUT2D eigenvalue weighted by Crippen LogP contribution is -2.35. The van der Waals surface area contributed by atoms with E-state index < -0.39 is 0 Å². The highest BCUT2D eigenvalue weighted by atomic mass is 32.1. The van der Waals surface area contributed by atoms with Crippen LogP contribution in [0.25, 0.3) is 10.6 Å². The van der Waals surface area contributed by atoms with E-state index in [4.69, 9.17) is 4.74 Å². The van der Waals surface area contributed by atoms with Crippen LogP contribution in [0.5, 0.6) is 5.75 Å². The van der Waals surface area contributed by atoms with E-state index in [2.05, 4.69) is 31.1 Å². The van der Waals surface area contributed by atoms with Crippen molar-refractivity contribution in [3.05, 3.63) is 34.8 Å². The highest BCUT2D eigenvalue weighted by molar-refractivity contribution is 7.15. The molecule has 0 aliphatic carbocycles. The van der Waals surface area contributed by atoms with Crippen LogP contribution in [0.1, 0.15) is 31.3 Å². The van der Waals surface area contributed by atoms with Gasteiger partial charge in [0.1, 0.15) is 10.8 Å². The van der Waals surface area contributed by atoms with E-state index in [0.717, 1.165) is 22.8 Å². The molecule has 0 saturated heterocycles. The van der Waals surface area contributed by atoms with E-state index in [1.165, 1.54) is 4.88 Å². The lowest BCUT2D eigenvalue weighted by Gasteiger charge is -2.20. The summed E-state index contributed by atoms with van der Waals surface area (Å²) in [7, 11) is 1.68. The molecule has 4 nitrogen and oxygen atoms in total. The Morgan fingerprint density at radius 1 is 1.24 bits per heavy atom. The minimum absolute atomic E-state index is 0.0625. The molecule has 0 aliphatic heterocycles. The maximum atomic E-state index is 9.37. The smallest absolute Gasteiger partial charge is 0.124 e. The number of aromatic hydroxyl groups is 1. The summed E-state index contributed by atoms with van der Waals surface area (Å²) >= 11 is 1.66. The fourth-order valence-electron chi connectivity index (χ4n) is 1.84. The second-order valence-electron chi connectivity index (χ2n) is 5.97. The Morgan fingerprint density at radius 3 is 2.48 bits per heavy atom. The topological polar surface area (TPSA) is 54.4 Å². The van der Waals surface area contributed by atoms with Gasteiger partial charge in [0.2, 0.25) is 0 Å². The predicted octanol–water partition coefficient (Wildman–Crippen LogP) is 3.55. The Hall–Kier alpha value is -1.43. The molecule has 0 atom stereocenters. The fraction of sp³-hybridized carbons (Fsp3) is 0.438. The van der Waals surface area contributed by atoms with Crippen molar-refractivity contribution in [1.29, 1.82) is 0 Å². The van der Waals surface area contributed by atoms with E-state index in [0.29, 0.717) is 6.61 Å². The van der Waals surface area contributed by atoms with Gasteiger partial charge in [-0.3, -0.25) is 0 Å². The predicted molar refractivity (Wildman–Crippen MR) is 86.5 cm³/mol. The van der Waals surface area contributed by atoms with Gasteiger partial charge in [-0.05, 0) is 45.0 Å². The SMILES string of the molecule is COCc1nc(-c2ccc(O)cc2)sc1CNC(C)(C)C. The van der Waals surface area contributed by atoms with E-state index in [1.54, 1.807) is 30.6 Å². The lowest BCUT2D eigenvalue weighted by molar-refractivity contribution is 0.181. The zero-order chi connectivity index (χ0) is 15.5. The Labute approximate surface area is 129 Å². The summed E-state index contributed by atoms with van der Waals surface area (Å²) in [5, 5.41) is 13.8. The van der Waals surface area contributed by atoms with Crippen molar-refractivity contribution in [2.75, 3.05) is 7.11 Å². The van der Waals surface area contributed by atoms with Crippen molar-refractivity contribution < 1.29 is 9.84 Å². The molecule has 5 heteroatoms. The number of nitrogens with one attached hydrogen (secondary N) is 1. The van der Waals surface area contributed by atoms with Crippen LogP contribution in [0.3, 0.4) is 0 Å². The second kappa shape index (κ2) is 6.56. The molecule has 0 saturated carbocycles. The van der Waals surface area contributed by atoms with Gasteiger partial charge in [-0.25, -0.2) is 4.98 Å². The van der Waals surface area contributed by atoms with E-state index in [9.17, 15) is 5.11 Å². The largest absolute Gasteiger partial charge is 0.508 e. The maximum Gasteiger partial charge on any atom is 0.124 e. The van der Waals surface area contributed by atoms with Crippen LogP contribution in [-0.4, -0.2) is 22.7 Å². The zero-order valence-corrected chi connectivity index (χ0v) is 13.8. The molecule has 1 aromatic heterocycles. The number of methoxy groups -OCH3 is 1. The molecule has 0 bridgehead atoms. The van der Waals surface area contributed by atoms with Crippen molar-refractivity contribution in [2.24, 2.45) is 0 Å². The van der Waals surface area contributed by atoms with Gasteiger partial charge in [-0.2, -0.15) is 0 Å². The summed E-state index contributed by atoms with van der Waals surface area (Å²) in [6.45, 7) is 7.72. The first-order chi connectivity index (χ1) is 9.89. The Balaban J connectivity index is 2.25. The van der Waals surface area contributed by atoms with Gasteiger partial charge in [0.25, 0.3) is 0 Å². The summed E-state index contributed by atoms with van der Waals surface area (Å²) in [6.07, 6.45) is 0. The molecular weight excluding hydrogens is 284 g/mol. The number of hydrogen-bond acceptors (Lipinski definition) is 5. The number of thiazole rings is 1. The summed E-state index contributed by atoms with van der Waals surface area (Å²) in [5.74, 6) is 0.266. The van der Waals surface area contributed by atoms with Gasteiger partial charge < -0.3 is 15.2 Å². The molecule has 0 unspecified atom stereocenters. The third-order valence-electron chi connectivity index (χ3n) is 2.95. The molecule has 1 aromatic carbocycles. The van der Waals surface area contributed by atoms with E-state index >= 15 is 0 Å². The van der Waals surface area contributed by atoms with Crippen molar-refractivity contribution in [3.63, 3.8) is 0 Å². The fourth-order valence-corrected chi connectivity index (χ4v) is 2.85. The monoisotopic (exact) mass is 306 g/mol. The molecule has 1 heterocycles. The van der Waals surface area contributed by atoms with Gasteiger partial charge in [-0.15, -0.1) is 11.3 Å². The standard InChI is InChI=1S/C16H22N2O2S/c1-16(2,3)17-9-14-13(10-20-4)18-15(21-14)11-5-7-12(19)8-6-11/h5-8,17,19H,9-10H2,1-4H3. The number of phenolic OH excluding ortho intramolecular Hbond substituents is 1. The Bertz CT molecular complexity index is 585. The second-order valence-corrected chi connectivity index (χ2v) is 7.06. The highest BCUT2D eigenvalue weighted by Crippen LogP contribution is 2.30. The first-order valence-electron chi connectivity index (χ1n) is 6.91. The normalized spacial score (nSPS) is 11.8. The quantitative estimate of drug-likeness (QED) is 0.887. The number of ether oxygens (including phenoxy) is 1. The van der Waals surface area contributed by atoms with Gasteiger partial charge in [0, 0.05) is 29.6 Å². The summed E-state index contributed by atoms with van der Waals surface area (Å²) < 4.78 is 5.25. The molecule has 0 aliphatic rings. The number of hydrogen-bond donors (Lipinski definition) is 2. The molecule has 2 N–H and O–H groups in total. The van der Waals surface area contributed by atoms with Crippen LogP contribution in [0.4, 0.5) is 0 Å². The van der Waals surface area contributed by atoms with Crippen LogP contribution in [0.15, 0.2) is 24.3 Å². The minimum Gasteiger partial charge on any atom is -0.508 e. The van der Waals surface area contributed by atoms with Crippen LogP contribution in [0.2, 0.25) is 0 Å². The third-order valence-corrected chi connectivity index (χ3v) is 4.10. The van der Waals surface area contributed by atoms with E-state index in [1.807, 2.05) is 12.1 Å². The summed E-state index contributed by atoms with van der Waals surface area (Å²) in [4.78, 5) is 5.86. The van der Waals surface area contributed by atoms with E-state index in [-0.39, 0.29) is 11.3 Å². The Morgan fingerprint density at radius 2 is 1.90 bits per heavy atom. The Kier molecular flexibility index (Phi) is 4.98. The van der Waals surface area contributed by atoms with Crippen LogP contribution in [0, 0.1) is 0 Å². The number of rotatable bonds is 5. The molecular formula is C16H22N2O2S. The van der Waals surface area contributed by atoms with Gasteiger partial charge >= 0.3 is 0 Å². The van der Waals surface area contributed by atoms with Gasteiger partial charge in [0.05, 0.1) is 12.3 Å². The maximum absolute atomic E-state index is 9.37. The first kappa shape index (κ1) is 15.9. The number of aromatic nitrogens is 1. The molecule has 0 fully saturated rings. The van der Waals surface area contributed by atoms with Crippen molar-refractivity contribution in [2.45, 2.75) is 39.5 Å². The molecule has 0 amide bonds. The van der Waals surface area contributed by atoms with Gasteiger partial charge in [-0.1, -0.05) is 0 Å². The van der Waals surface area contributed by atoms with Crippen molar-refractivity contribution >= 4 is 11.3 Å². The lowest BCUT2D eigenvalue weighted by atomic mass is 10.1. The van der Waals surface area contributed by atoms with Crippen LogP contribution < -0.4 is 5.32 Å². The van der Waals surface area contributed by atoms with Crippen LogP contribution in [-0.2, 0) is 17.9 Å². The number of phenols is 1. The highest BCUT2D eigenvalue weighted by Gasteiger charge is 2.15. The zero-order valence-electron chi connectivity index (χ0n) is 12.9. The van der Waals surface area contributed by atoms with Crippen LogP contribution >= 0.6 is 11.3 Å². The average molecular weight is 306 g/mol. The number of nitrogens with zero attached hydrogens (tertiary/aromatic N) is 1. The summed E-state index contributed by atoms with van der Waals surface area (Å²) in [5.41, 5.74) is 2.05. The van der Waals surface area contributed by atoms with Crippen molar-refractivity contribution in [3.8, 4) is 16.3 Å². The molecule has 0 radical (unpaired) electrons. The average Bonchev–Trinajstić information content (AvgIpc) is 2.80. The number of benzene rings is 1. The van der Waals surface area contributed by atoms with Gasteiger partial charge in [0.15, 0.2) is 0 Å². The molecule has 21 heavy (non-hydrogen) atoms. The first-order valence-corrected chi connectivity index (χ1v) is 7.72. The molecule has 2 rings (SSSR count). The molecule has 114 valence electrons. The summed E-state index contributed by atoms with van der Waals surface area (Å²) in [6, 6.07) is 7.12. The van der Waals surface area contributed by atoms with Crippen molar-refractivity contribution in [1.82, 2.24) is 10.3 Å². The molecule has 0 spiro atoms. The minimum atomic E-state index is 0.0625.